The lowest BCUT2D eigenvalue weighted by Crippen LogP contribution is -2.22. The molecule has 0 saturated carbocycles. The zero-order chi connectivity index (χ0) is 6.62. The van der Waals surface area contributed by atoms with Crippen LogP contribution >= 0.6 is 0 Å². The standard InChI is InChI=1S/C6H13NO/c1-5-6(2,7-3)8-4/h3,5H2,1-2,4H3. The molecule has 0 rings (SSSR count). The molecule has 8 heavy (non-hydrogen) atoms. The number of hydrogen-bond donors (Lipinski definition) is 0. The van der Waals surface area contributed by atoms with Crippen molar-refractivity contribution in [3.63, 3.8) is 0 Å². The molecule has 2 nitrogen and oxygen atoms in total. The summed E-state index contributed by atoms with van der Waals surface area (Å²) in [5.74, 6) is 0. The SMILES string of the molecule is C=NC(C)(CC)OC. The first-order valence-corrected chi connectivity index (χ1v) is 2.71. The van der Waals surface area contributed by atoms with E-state index < -0.39 is 0 Å². The van der Waals surface area contributed by atoms with Crippen LogP contribution < -0.4 is 0 Å². The molecule has 0 aromatic rings. The van der Waals surface area contributed by atoms with Crippen LogP contribution in [0.1, 0.15) is 20.3 Å². The van der Waals surface area contributed by atoms with E-state index in [1.807, 2.05) is 13.8 Å². The van der Waals surface area contributed by atoms with Crippen LogP contribution in [0.3, 0.4) is 0 Å². The third-order valence-corrected chi connectivity index (χ3v) is 1.43. The maximum atomic E-state index is 5.01. The van der Waals surface area contributed by atoms with E-state index in [1.54, 1.807) is 7.11 Å². The first-order chi connectivity index (χ1) is 3.68. The summed E-state index contributed by atoms with van der Waals surface area (Å²) >= 11 is 0. The Morgan fingerprint density at radius 3 is 2.25 bits per heavy atom. The van der Waals surface area contributed by atoms with E-state index in [0.29, 0.717) is 0 Å². The fraction of sp³-hybridized carbons (Fsp3) is 0.833. The van der Waals surface area contributed by atoms with Crippen LogP contribution in [-0.4, -0.2) is 19.6 Å². The summed E-state index contributed by atoms with van der Waals surface area (Å²) in [7, 11) is 1.64. The first kappa shape index (κ1) is 7.63. The minimum absolute atomic E-state index is 0.361. The highest BCUT2D eigenvalue weighted by molar-refractivity contribution is 5.24. The Labute approximate surface area is 50.6 Å². The second-order valence-electron chi connectivity index (χ2n) is 1.89. The quantitative estimate of drug-likeness (QED) is 0.510. The lowest BCUT2D eigenvalue weighted by atomic mass is 10.2. The molecule has 2 heteroatoms. The summed E-state index contributed by atoms with van der Waals surface area (Å²) in [6, 6.07) is 0. The van der Waals surface area contributed by atoms with Gasteiger partial charge in [-0.25, -0.2) is 0 Å². The summed E-state index contributed by atoms with van der Waals surface area (Å²) < 4.78 is 5.01. The molecule has 0 saturated heterocycles. The van der Waals surface area contributed by atoms with Crippen molar-refractivity contribution in [2.45, 2.75) is 26.0 Å². The third kappa shape index (κ3) is 1.62. The van der Waals surface area contributed by atoms with E-state index in [0.717, 1.165) is 6.42 Å². The number of hydrogen-bond acceptors (Lipinski definition) is 2. The van der Waals surface area contributed by atoms with Crippen LogP contribution in [-0.2, 0) is 4.74 Å². The third-order valence-electron chi connectivity index (χ3n) is 1.43. The number of rotatable bonds is 3. The van der Waals surface area contributed by atoms with Gasteiger partial charge in [-0.2, -0.15) is 0 Å². The fourth-order valence-electron chi connectivity index (χ4n) is 0.321. The Bertz CT molecular complexity index is 76.6. The Kier molecular flexibility index (Phi) is 2.69. The highest BCUT2D eigenvalue weighted by Crippen LogP contribution is 2.13. The van der Waals surface area contributed by atoms with Gasteiger partial charge in [-0.1, -0.05) is 6.92 Å². The molecule has 0 N–H and O–H groups in total. The van der Waals surface area contributed by atoms with Crippen molar-refractivity contribution in [1.82, 2.24) is 0 Å². The Balaban J connectivity index is 3.76. The van der Waals surface area contributed by atoms with Gasteiger partial charge in [0, 0.05) is 7.11 Å². The summed E-state index contributed by atoms with van der Waals surface area (Å²) in [4.78, 5) is 3.78. The molecule has 0 heterocycles. The van der Waals surface area contributed by atoms with Gasteiger partial charge in [0.25, 0.3) is 0 Å². The highest BCUT2D eigenvalue weighted by Gasteiger charge is 2.15. The molecular formula is C6H13NO. The van der Waals surface area contributed by atoms with Crippen molar-refractivity contribution in [1.29, 1.82) is 0 Å². The van der Waals surface area contributed by atoms with Crippen LogP contribution in [0.5, 0.6) is 0 Å². The van der Waals surface area contributed by atoms with Crippen molar-refractivity contribution in [3.05, 3.63) is 0 Å². The van der Waals surface area contributed by atoms with Gasteiger partial charge in [0.1, 0.15) is 0 Å². The van der Waals surface area contributed by atoms with Crippen molar-refractivity contribution in [3.8, 4) is 0 Å². The average molecular weight is 115 g/mol. The minimum Gasteiger partial charge on any atom is -0.357 e. The predicted octanol–water partition coefficient (Wildman–Crippen LogP) is 1.46. The molecule has 1 unspecified atom stereocenters. The van der Waals surface area contributed by atoms with Crippen LogP contribution in [0.25, 0.3) is 0 Å². The zero-order valence-electron chi connectivity index (χ0n) is 5.77. The smallest absolute Gasteiger partial charge is 0.154 e. The number of nitrogens with zero attached hydrogens (tertiary/aromatic N) is 1. The zero-order valence-corrected chi connectivity index (χ0v) is 5.77. The van der Waals surface area contributed by atoms with Gasteiger partial charge in [0.15, 0.2) is 5.72 Å². The maximum Gasteiger partial charge on any atom is 0.154 e. The molecule has 0 fully saturated rings. The summed E-state index contributed by atoms with van der Waals surface area (Å²) in [6.45, 7) is 7.31. The molecular weight excluding hydrogens is 102 g/mol. The molecule has 0 bridgehead atoms. The summed E-state index contributed by atoms with van der Waals surface area (Å²) in [5, 5.41) is 0. The van der Waals surface area contributed by atoms with E-state index in [9.17, 15) is 0 Å². The molecule has 0 aromatic carbocycles. The van der Waals surface area contributed by atoms with Crippen LogP contribution in [0.15, 0.2) is 4.99 Å². The molecule has 0 aromatic heterocycles. The van der Waals surface area contributed by atoms with Gasteiger partial charge in [-0.05, 0) is 20.1 Å². The second-order valence-corrected chi connectivity index (χ2v) is 1.89. The number of ether oxygens (including phenoxy) is 1. The van der Waals surface area contributed by atoms with Gasteiger partial charge in [0.2, 0.25) is 0 Å². The van der Waals surface area contributed by atoms with Crippen LogP contribution in [0, 0.1) is 0 Å². The van der Waals surface area contributed by atoms with E-state index in [1.165, 1.54) is 0 Å². The monoisotopic (exact) mass is 115 g/mol. The molecule has 48 valence electrons. The summed E-state index contributed by atoms with van der Waals surface area (Å²) in [5.41, 5.74) is -0.361. The molecule has 1 atom stereocenters. The Hall–Kier alpha value is -0.370. The lowest BCUT2D eigenvalue weighted by Gasteiger charge is -2.19. The van der Waals surface area contributed by atoms with Crippen molar-refractivity contribution in [2.24, 2.45) is 4.99 Å². The fourth-order valence-corrected chi connectivity index (χ4v) is 0.321. The Morgan fingerprint density at radius 2 is 2.25 bits per heavy atom. The van der Waals surface area contributed by atoms with Gasteiger partial charge < -0.3 is 4.74 Å². The van der Waals surface area contributed by atoms with E-state index in [-0.39, 0.29) is 5.72 Å². The topological polar surface area (TPSA) is 21.6 Å². The Morgan fingerprint density at radius 1 is 1.75 bits per heavy atom. The van der Waals surface area contributed by atoms with Crippen molar-refractivity contribution >= 4 is 6.72 Å². The van der Waals surface area contributed by atoms with Crippen LogP contribution in [0.4, 0.5) is 0 Å². The molecule has 0 aliphatic heterocycles. The lowest BCUT2D eigenvalue weighted by molar-refractivity contribution is 0.0118. The van der Waals surface area contributed by atoms with Gasteiger partial charge >= 0.3 is 0 Å². The molecule has 0 aliphatic carbocycles. The van der Waals surface area contributed by atoms with E-state index >= 15 is 0 Å². The summed E-state index contributed by atoms with van der Waals surface area (Å²) in [6.07, 6.45) is 0.868. The van der Waals surface area contributed by atoms with Crippen LogP contribution in [0.2, 0.25) is 0 Å². The van der Waals surface area contributed by atoms with Crippen molar-refractivity contribution < 1.29 is 4.74 Å². The predicted molar refractivity (Wildman–Crippen MR) is 35.3 cm³/mol. The normalized spacial score (nSPS) is 17.4. The number of aliphatic imine (C=N–C) groups is 1. The molecule has 0 aliphatic rings. The number of methoxy groups -OCH3 is 1. The minimum atomic E-state index is -0.361. The largest absolute Gasteiger partial charge is 0.357 e. The van der Waals surface area contributed by atoms with E-state index in [2.05, 4.69) is 11.7 Å². The highest BCUT2D eigenvalue weighted by atomic mass is 16.5. The second kappa shape index (κ2) is 2.82. The van der Waals surface area contributed by atoms with Gasteiger partial charge in [-0.3, -0.25) is 4.99 Å². The van der Waals surface area contributed by atoms with Gasteiger partial charge in [0.05, 0.1) is 0 Å². The van der Waals surface area contributed by atoms with E-state index in [4.69, 9.17) is 4.74 Å². The van der Waals surface area contributed by atoms with Gasteiger partial charge in [-0.15, -0.1) is 0 Å². The van der Waals surface area contributed by atoms with Crippen molar-refractivity contribution in [2.75, 3.05) is 7.11 Å². The average Bonchev–Trinajstić information content (AvgIpc) is 1.87. The maximum absolute atomic E-state index is 5.01. The molecule has 0 spiro atoms. The molecule has 0 radical (unpaired) electrons. The first-order valence-electron chi connectivity index (χ1n) is 2.71. The molecule has 0 amide bonds.